The van der Waals surface area contributed by atoms with Gasteiger partial charge in [-0.05, 0) is 37.5 Å². The Morgan fingerprint density at radius 1 is 1.36 bits per heavy atom. The molecule has 0 aromatic heterocycles. The molecule has 1 aliphatic carbocycles. The van der Waals surface area contributed by atoms with Crippen molar-refractivity contribution in [2.24, 2.45) is 17.6 Å². The molecule has 3 nitrogen and oxygen atoms in total. The van der Waals surface area contributed by atoms with Crippen LogP contribution in [0.4, 0.5) is 0 Å². The predicted octanol–water partition coefficient (Wildman–Crippen LogP) is 0.939. The molecule has 1 saturated heterocycles. The van der Waals surface area contributed by atoms with E-state index in [1.54, 1.807) is 0 Å². The average Bonchev–Trinajstić information content (AvgIpc) is 1.99. The molecule has 2 rings (SSSR count). The van der Waals surface area contributed by atoms with Gasteiger partial charge < -0.3 is 5.73 Å². The summed E-state index contributed by atoms with van der Waals surface area (Å²) in [4.78, 5) is 0. The average molecular weight is 217 g/mol. The number of rotatable bonds is 1. The van der Waals surface area contributed by atoms with Gasteiger partial charge in [-0.1, -0.05) is 6.92 Å². The first-order chi connectivity index (χ1) is 6.41. The molecular weight excluding hydrogens is 198 g/mol. The lowest BCUT2D eigenvalue weighted by atomic mass is 9.62. The van der Waals surface area contributed by atoms with Crippen molar-refractivity contribution in [1.29, 1.82) is 0 Å². The van der Waals surface area contributed by atoms with Crippen molar-refractivity contribution in [3.63, 3.8) is 0 Å². The fourth-order valence-corrected chi connectivity index (χ4v) is 4.93. The van der Waals surface area contributed by atoms with E-state index in [-0.39, 0.29) is 11.5 Å². The minimum atomic E-state index is -2.79. The van der Waals surface area contributed by atoms with E-state index >= 15 is 0 Å². The van der Waals surface area contributed by atoms with Gasteiger partial charge in [-0.15, -0.1) is 0 Å². The molecule has 1 unspecified atom stereocenters. The second-order valence-electron chi connectivity index (χ2n) is 5.20. The maximum absolute atomic E-state index is 11.5. The quantitative estimate of drug-likeness (QED) is 0.711. The van der Waals surface area contributed by atoms with Gasteiger partial charge in [0.05, 0.1) is 11.5 Å². The minimum Gasteiger partial charge on any atom is -0.325 e. The predicted molar refractivity (Wildman–Crippen MR) is 56.7 cm³/mol. The summed E-state index contributed by atoms with van der Waals surface area (Å²) in [6.07, 6.45) is 3.82. The zero-order valence-electron chi connectivity index (χ0n) is 8.70. The third-order valence-corrected chi connectivity index (χ3v) is 5.55. The Bertz CT molecular complexity index is 317. The molecule has 4 heteroatoms. The summed E-state index contributed by atoms with van der Waals surface area (Å²) >= 11 is 0. The van der Waals surface area contributed by atoms with E-state index in [9.17, 15) is 8.42 Å². The molecule has 2 aliphatic rings. The summed E-state index contributed by atoms with van der Waals surface area (Å²) in [7, 11) is -2.79. The van der Waals surface area contributed by atoms with Crippen LogP contribution in [0.5, 0.6) is 0 Å². The Morgan fingerprint density at radius 2 is 2.00 bits per heavy atom. The molecule has 2 fully saturated rings. The smallest absolute Gasteiger partial charge is 0.150 e. The van der Waals surface area contributed by atoms with E-state index in [2.05, 4.69) is 6.92 Å². The molecule has 0 aromatic rings. The second kappa shape index (κ2) is 3.20. The van der Waals surface area contributed by atoms with Gasteiger partial charge in [-0.3, -0.25) is 0 Å². The van der Waals surface area contributed by atoms with E-state index in [0.29, 0.717) is 17.4 Å². The maximum atomic E-state index is 11.5. The largest absolute Gasteiger partial charge is 0.325 e. The number of sulfone groups is 1. The topological polar surface area (TPSA) is 60.2 Å². The monoisotopic (exact) mass is 217 g/mol. The van der Waals surface area contributed by atoms with Crippen molar-refractivity contribution in [2.75, 3.05) is 11.5 Å². The molecule has 0 amide bonds. The number of hydrogen-bond acceptors (Lipinski definition) is 3. The number of hydrogen-bond donors (Lipinski definition) is 1. The third kappa shape index (κ3) is 1.82. The van der Waals surface area contributed by atoms with E-state index in [1.165, 1.54) is 0 Å². The van der Waals surface area contributed by atoms with Crippen LogP contribution in [0, 0.1) is 11.8 Å². The van der Waals surface area contributed by atoms with Crippen molar-refractivity contribution in [3.05, 3.63) is 0 Å². The molecule has 1 atom stereocenters. The Hall–Kier alpha value is -0.0900. The SMILES string of the molecule is CC1CC(N)(C2CCCS(=O)(=O)C2)C1. The van der Waals surface area contributed by atoms with E-state index in [4.69, 9.17) is 5.73 Å². The van der Waals surface area contributed by atoms with Crippen LogP contribution in [0.3, 0.4) is 0 Å². The van der Waals surface area contributed by atoms with Crippen molar-refractivity contribution in [2.45, 2.75) is 38.1 Å². The van der Waals surface area contributed by atoms with Gasteiger partial charge in [-0.2, -0.15) is 0 Å². The van der Waals surface area contributed by atoms with E-state index in [0.717, 1.165) is 25.7 Å². The van der Waals surface area contributed by atoms with Crippen LogP contribution in [0.1, 0.15) is 32.6 Å². The highest BCUT2D eigenvalue weighted by Gasteiger charge is 2.46. The highest BCUT2D eigenvalue weighted by atomic mass is 32.2. The Kier molecular flexibility index (Phi) is 2.39. The summed E-state index contributed by atoms with van der Waals surface area (Å²) in [5.41, 5.74) is 6.06. The molecule has 1 saturated carbocycles. The van der Waals surface area contributed by atoms with Gasteiger partial charge in [0.15, 0.2) is 9.84 Å². The lowest BCUT2D eigenvalue weighted by molar-refractivity contribution is 0.0953. The van der Waals surface area contributed by atoms with Crippen LogP contribution < -0.4 is 5.73 Å². The van der Waals surface area contributed by atoms with E-state index in [1.807, 2.05) is 0 Å². The fraction of sp³-hybridized carbons (Fsp3) is 1.00. The summed E-state index contributed by atoms with van der Waals surface area (Å²) in [6, 6.07) is 0. The van der Waals surface area contributed by atoms with Gasteiger partial charge in [0.25, 0.3) is 0 Å². The maximum Gasteiger partial charge on any atom is 0.150 e. The van der Waals surface area contributed by atoms with Gasteiger partial charge in [-0.25, -0.2) is 8.42 Å². The van der Waals surface area contributed by atoms with Crippen LogP contribution in [-0.2, 0) is 9.84 Å². The van der Waals surface area contributed by atoms with Crippen LogP contribution in [0.2, 0.25) is 0 Å². The third-order valence-electron chi connectivity index (χ3n) is 3.73. The normalized spacial score (nSPS) is 47.0. The van der Waals surface area contributed by atoms with Gasteiger partial charge >= 0.3 is 0 Å². The minimum absolute atomic E-state index is 0.160. The number of nitrogens with two attached hydrogens (primary N) is 1. The molecule has 0 aromatic carbocycles. The first kappa shape index (κ1) is 10.4. The van der Waals surface area contributed by atoms with Crippen molar-refractivity contribution < 1.29 is 8.42 Å². The van der Waals surface area contributed by atoms with Crippen LogP contribution in [0.15, 0.2) is 0 Å². The summed E-state index contributed by atoms with van der Waals surface area (Å²) < 4.78 is 22.9. The summed E-state index contributed by atoms with van der Waals surface area (Å²) in [6.45, 7) is 2.18. The highest BCUT2D eigenvalue weighted by molar-refractivity contribution is 7.91. The molecule has 82 valence electrons. The van der Waals surface area contributed by atoms with Crippen LogP contribution >= 0.6 is 0 Å². The first-order valence-corrected chi connectivity index (χ1v) is 7.23. The zero-order chi connectivity index (χ0) is 10.4. The van der Waals surface area contributed by atoms with Crippen LogP contribution in [-0.4, -0.2) is 25.5 Å². The second-order valence-corrected chi connectivity index (χ2v) is 7.43. The molecule has 0 spiro atoms. The van der Waals surface area contributed by atoms with Crippen molar-refractivity contribution in [3.8, 4) is 0 Å². The highest BCUT2D eigenvalue weighted by Crippen LogP contribution is 2.44. The van der Waals surface area contributed by atoms with Crippen molar-refractivity contribution >= 4 is 9.84 Å². The molecule has 0 bridgehead atoms. The molecule has 14 heavy (non-hydrogen) atoms. The van der Waals surface area contributed by atoms with Gasteiger partial charge in [0.1, 0.15) is 0 Å². The van der Waals surface area contributed by atoms with Crippen molar-refractivity contribution in [1.82, 2.24) is 0 Å². The summed E-state index contributed by atoms with van der Waals surface area (Å²) in [5, 5.41) is 0. The van der Waals surface area contributed by atoms with Gasteiger partial charge in [0.2, 0.25) is 0 Å². The Balaban J connectivity index is 2.05. The molecule has 2 N–H and O–H groups in total. The molecule has 0 radical (unpaired) electrons. The summed E-state index contributed by atoms with van der Waals surface area (Å²) in [5.74, 6) is 1.60. The molecule has 1 aliphatic heterocycles. The zero-order valence-corrected chi connectivity index (χ0v) is 9.52. The lowest BCUT2D eigenvalue weighted by Gasteiger charge is -2.50. The molecule has 1 heterocycles. The standard InChI is InChI=1S/C10H19NO2S/c1-8-5-10(11,6-8)9-3-2-4-14(12,13)7-9/h8-9H,2-7,11H2,1H3. The first-order valence-electron chi connectivity index (χ1n) is 5.41. The Labute approximate surface area is 86.0 Å². The van der Waals surface area contributed by atoms with Crippen LogP contribution in [0.25, 0.3) is 0 Å². The fourth-order valence-electron chi connectivity index (χ4n) is 3.05. The van der Waals surface area contributed by atoms with E-state index < -0.39 is 9.84 Å². The molecular formula is C10H19NO2S. The van der Waals surface area contributed by atoms with Gasteiger partial charge in [0, 0.05) is 5.54 Å². The Morgan fingerprint density at radius 3 is 2.50 bits per heavy atom. The lowest BCUT2D eigenvalue weighted by Crippen LogP contribution is -2.59.